The van der Waals surface area contributed by atoms with E-state index in [4.69, 9.17) is 0 Å². The quantitative estimate of drug-likeness (QED) is 0.768. The second-order valence-corrected chi connectivity index (χ2v) is 3.96. The van der Waals surface area contributed by atoms with Gasteiger partial charge < -0.3 is 0 Å². The molecule has 1 aromatic heterocycles. The Bertz CT molecular complexity index is 481. The standard InChI is InChI=1S/C13H13FN2/c1-9(2)11-5-4-10(8-12(11)14)13-15-6-3-7-16-13/h3-9H,1-2H3. The molecule has 0 spiro atoms. The van der Waals surface area contributed by atoms with Crippen molar-refractivity contribution < 1.29 is 4.39 Å². The Kier molecular flexibility index (Phi) is 2.95. The van der Waals surface area contributed by atoms with Gasteiger partial charge in [-0.05, 0) is 23.6 Å². The topological polar surface area (TPSA) is 25.8 Å². The van der Waals surface area contributed by atoms with Crippen molar-refractivity contribution in [1.29, 1.82) is 0 Å². The molecule has 0 fully saturated rings. The van der Waals surface area contributed by atoms with E-state index in [1.807, 2.05) is 19.9 Å². The van der Waals surface area contributed by atoms with Crippen LogP contribution in [0.25, 0.3) is 11.4 Å². The molecule has 1 heterocycles. The lowest BCUT2D eigenvalue weighted by Gasteiger charge is -2.08. The third-order valence-corrected chi connectivity index (χ3v) is 2.45. The molecule has 0 N–H and O–H groups in total. The van der Waals surface area contributed by atoms with Crippen LogP contribution >= 0.6 is 0 Å². The van der Waals surface area contributed by atoms with Crippen LogP contribution < -0.4 is 0 Å². The molecule has 0 saturated carbocycles. The van der Waals surface area contributed by atoms with Gasteiger partial charge in [-0.3, -0.25) is 0 Å². The summed E-state index contributed by atoms with van der Waals surface area (Å²) in [7, 11) is 0. The maximum Gasteiger partial charge on any atom is 0.159 e. The first-order chi connectivity index (χ1) is 7.68. The van der Waals surface area contributed by atoms with Crippen LogP contribution in [0.3, 0.4) is 0 Å². The molecule has 0 atom stereocenters. The molecule has 1 aromatic carbocycles. The largest absolute Gasteiger partial charge is 0.237 e. The molecule has 0 saturated heterocycles. The van der Waals surface area contributed by atoms with Crippen LogP contribution in [0.4, 0.5) is 4.39 Å². The molecule has 0 amide bonds. The molecule has 0 bridgehead atoms. The predicted octanol–water partition coefficient (Wildman–Crippen LogP) is 3.41. The summed E-state index contributed by atoms with van der Waals surface area (Å²) >= 11 is 0. The van der Waals surface area contributed by atoms with Crippen molar-refractivity contribution in [3.8, 4) is 11.4 Å². The van der Waals surface area contributed by atoms with Crippen LogP contribution in [0.15, 0.2) is 36.7 Å². The Morgan fingerprint density at radius 3 is 2.38 bits per heavy atom. The van der Waals surface area contributed by atoms with E-state index in [0.717, 1.165) is 5.56 Å². The summed E-state index contributed by atoms with van der Waals surface area (Å²) in [6, 6.07) is 6.88. The molecule has 82 valence electrons. The molecule has 3 heteroatoms. The smallest absolute Gasteiger partial charge is 0.159 e. The molecular formula is C13H13FN2. The second-order valence-electron chi connectivity index (χ2n) is 3.96. The number of benzene rings is 1. The minimum absolute atomic E-state index is 0.186. The van der Waals surface area contributed by atoms with Crippen molar-refractivity contribution in [2.24, 2.45) is 0 Å². The Morgan fingerprint density at radius 1 is 1.12 bits per heavy atom. The Labute approximate surface area is 94.2 Å². The van der Waals surface area contributed by atoms with E-state index >= 15 is 0 Å². The molecular weight excluding hydrogens is 203 g/mol. The van der Waals surface area contributed by atoms with Gasteiger partial charge >= 0.3 is 0 Å². The van der Waals surface area contributed by atoms with Crippen molar-refractivity contribution in [2.45, 2.75) is 19.8 Å². The summed E-state index contributed by atoms with van der Waals surface area (Å²) < 4.78 is 13.7. The summed E-state index contributed by atoms with van der Waals surface area (Å²) in [5.74, 6) is 0.544. The molecule has 0 aliphatic rings. The number of nitrogens with zero attached hydrogens (tertiary/aromatic N) is 2. The molecule has 0 aliphatic heterocycles. The molecule has 0 radical (unpaired) electrons. The number of aromatic nitrogens is 2. The highest BCUT2D eigenvalue weighted by Crippen LogP contribution is 2.23. The molecule has 2 aromatic rings. The van der Waals surface area contributed by atoms with E-state index in [9.17, 15) is 4.39 Å². The normalized spacial score (nSPS) is 10.8. The van der Waals surface area contributed by atoms with Gasteiger partial charge in [0.15, 0.2) is 5.82 Å². The lowest BCUT2D eigenvalue weighted by Crippen LogP contribution is -1.94. The van der Waals surface area contributed by atoms with Gasteiger partial charge in [0, 0.05) is 18.0 Å². The Balaban J connectivity index is 2.43. The number of halogens is 1. The van der Waals surface area contributed by atoms with Crippen LogP contribution in [0, 0.1) is 5.82 Å². The summed E-state index contributed by atoms with van der Waals surface area (Å²) in [5.41, 5.74) is 1.43. The van der Waals surface area contributed by atoms with Crippen molar-refractivity contribution in [1.82, 2.24) is 9.97 Å². The highest BCUT2D eigenvalue weighted by molar-refractivity contribution is 5.55. The maximum absolute atomic E-state index is 13.7. The lowest BCUT2D eigenvalue weighted by molar-refractivity contribution is 0.598. The summed E-state index contributed by atoms with van der Waals surface area (Å²) in [6.07, 6.45) is 3.30. The number of hydrogen-bond acceptors (Lipinski definition) is 2. The summed E-state index contributed by atoms with van der Waals surface area (Å²) in [4.78, 5) is 8.17. The number of hydrogen-bond donors (Lipinski definition) is 0. The van der Waals surface area contributed by atoms with E-state index in [2.05, 4.69) is 9.97 Å². The molecule has 0 aliphatic carbocycles. The van der Waals surface area contributed by atoms with E-state index in [0.29, 0.717) is 11.4 Å². The van der Waals surface area contributed by atoms with Gasteiger partial charge in [0.2, 0.25) is 0 Å². The first-order valence-electron chi connectivity index (χ1n) is 5.25. The Morgan fingerprint density at radius 2 is 1.81 bits per heavy atom. The zero-order chi connectivity index (χ0) is 11.5. The van der Waals surface area contributed by atoms with Crippen LogP contribution in [0.1, 0.15) is 25.3 Å². The fraction of sp³-hybridized carbons (Fsp3) is 0.231. The Hall–Kier alpha value is -1.77. The predicted molar refractivity (Wildman–Crippen MR) is 61.5 cm³/mol. The van der Waals surface area contributed by atoms with Gasteiger partial charge in [0.25, 0.3) is 0 Å². The van der Waals surface area contributed by atoms with Crippen LogP contribution in [0.2, 0.25) is 0 Å². The van der Waals surface area contributed by atoms with E-state index in [-0.39, 0.29) is 11.7 Å². The summed E-state index contributed by atoms with van der Waals surface area (Å²) in [6.45, 7) is 3.94. The van der Waals surface area contributed by atoms with Gasteiger partial charge in [-0.25, -0.2) is 14.4 Å². The fourth-order valence-electron chi connectivity index (χ4n) is 1.58. The highest BCUT2D eigenvalue weighted by atomic mass is 19.1. The molecule has 16 heavy (non-hydrogen) atoms. The van der Waals surface area contributed by atoms with Gasteiger partial charge in [-0.15, -0.1) is 0 Å². The van der Waals surface area contributed by atoms with Crippen LogP contribution in [0.5, 0.6) is 0 Å². The third kappa shape index (κ3) is 2.08. The van der Waals surface area contributed by atoms with E-state index in [1.54, 1.807) is 24.5 Å². The maximum atomic E-state index is 13.7. The molecule has 2 nitrogen and oxygen atoms in total. The van der Waals surface area contributed by atoms with Crippen LogP contribution in [-0.2, 0) is 0 Å². The average molecular weight is 216 g/mol. The van der Waals surface area contributed by atoms with Crippen molar-refractivity contribution in [2.75, 3.05) is 0 Å². The van der Waals surface area contributed by atoms with Gasteiger partial charge in [-0.2, -0.15) is 0 Å². The van der Waals surface area contributed by atoms with E-state index in [1.165, 1.54) is 6.07 Å². The SMILES string of the molecule is CC(C)c1ccc(-c2ncccn2)cc1F. The second kappa shape index (κ2) is 4.39. The minimum Gasteiger partial charge on any atom is -0.237 e. The van der Waals surface area contributed by atoms with Gasteiger partial charge in [0.1, 0.15) is 5.82 Å². The minimum atomic E-state index is -0.194. The zero-order valence-corrected chi connectivity index (χ0v) is 9.31. The molecule has 2 rings (SSSR count). The third-order valence-electron chi connectivity index (χ3n) is 2.45. The first-order valence-corrected chi connectivity index (χ1v) is 5.25. The monoisotopic (exact) mass is 216 g/mol. The highest BCUT2D eigenvalue weighted by Gasteiger charge is 2.08. The van der Waals surface area contributed by atoms with Crippen molar-refractivity contribution >= 4 is 0 Å². The van der Waals surface area contributed by atoms with Gasteiger partial charge in [0.05, 0.1) is 0 Å². The average Bonchev–Trinajstić information content (AvgIpc) is 2.29. The first kappa shape index (κ1) is 10.7. The lowest BCUT2D eigenvalue weighted by atomic mass is 10.0. The number of rotatable bonds is 2. The zero-order valence-electron chi connectivity index (χ0n) is 9.31. The summed E-state index contributed by atoms with van der Waals surface area (Å²) in [5, 5.41) is 0. The van der Waals surface area contributed by atoms with Crippen LogP contribution in [-0.4, -0.2) is 9.97 Å². The van der Waals surface area contributed by atoms with Gasteiger partial charge in [-0.1, -0.05) is 26.0 Å². The van der Waals surface area contributed by atoms with Crippen molar-refractivity contribution in [3.63, 3.8) is 0 Å². The van der Waals surface area contributed by atoms with Crippen molar-refractivity contribution in [3.05, 3.63) is 48.0 Å². The fourth-order valence-corrected chi connectivity index (χ4v) is 1.58. The van der Waals surface area contributed by atoms with E-state index < -0.39 is 0 Å². The molecule has 0 unspecified atom stereocenters.